The predicted molar refractivity (Wildman–Crippen MR) is 62.7 cm³/mol. The predicted octanol–water partition coefficient (Wildman–Crippen LogP) is 2.76. The molecule has 1 rings (SSSR count). The summed E-state index contributed by atoms with van der Waals surface area (Å²) in [6, 6.07) is 0. The Morgan fingerprint density at radius 1 is 1.27 bits per heavy atom. The molecule has 0 aromatic rings. The van der Waals surface area contributed by atoms with Gasteiger partial charge in [0.25, 0.3) is 6.47 Å². The summed E-state index contributed by atoms with van der Waals surface area (Å²) in [7, 11) is 0. The molecule has 0 radical (unpaired) electrons. The average Bonchev–Trinajstić information content (AvgIpc) is 2.27. The first-order valence-corrected chi connectivity index (χ1v) is 5.94. The van der Waals surface area contributed by atoms with E-state index in [9.17, 15) is 4.79 Å². The van der Waals surface area contributed by atoms with Crippen LogP contribution in [-0.4, -0.2) is 24.3 Å². The molecular weight excluding hydrogens is 192 g/mol. The van der Waals surface area contributed by atoms with Crippen LogP contribution < -0.4 is 0 Å². The Bertz CT molecular complexity index is 108. The molecule has 0 saturated heterocycles. The fraction of sp³-hybridized carbons (Fsp3) is 0.917. The van der Waals surface area contributed by atoms with E-state index in [0.717, 1.165) is 18.8 Å². The SMILES string of the molecule is CC.CC1CCC(O)CC1.CCOC=O. The number of carbonyl (C=O) groups is 1. The van der Waals surface area contributed by atoms with Gasteiger partial charge in [0, 0.05) is 0 Å². The zero-order valence-corrected chi connectivity index (χ0v) is 10.5. The number of aliphatic hydroxyl groups is 1. The molecule has 1 N–H and O–H groups in total. The van der Waals surface area contributed by atoms with Crippen molar-refractivity contribution in [1.82, 2.24) is 0 Å². The fourth-order valence-corrected chi connectivity index (χ4v) is 1.31. The third-order valence-corrected chi connectivity index (χ3v) is 2.22. The molecule has 0 atom stereocenters. The standard InChI is InChI=1S/C7H14O.C3H6O2.C2H6/c1-6-2-4-7(8)5-3-6;1-2-5-3-4;1-2/h6-8H,2-5H2,1H3;3H,2H2,1H3;1-2H3. The summed E-state index contributed by atoms with van der Waals surface area (Å²) in [5.74, 6) is 0.860. The number of carbonyl (C=O) groups excluding carboxylic acids is 1. The highest BCUT2D eigenvalue weighted by molar-refractivity contribution is 5.36. The van der Waals surface area contributed by atoms with E-state index < -0.39 is 0 Å². The Kier molecular flexibility index (Phi) is 15.1. The quantitative estimate of drug-likeness (QED) is 0.725. The fourth-order valence-electron chi connectivity index (χ4n) is 1.31. The molecule has 0 aromatic carbocycles. The first-order chi connectivity index (χ1) is 7.20. The van der Waals surface area contributed by atoms with E-state index in [-0.39, 0.29) is 6.10 Å². The first-order valence-electron chi connectivity index (χ1n) is 5.94. The van der Waals surface area contributed by atoms with Gasteiger partial charge < -0.3 is 9.84 Å². The second kappa shape index (κ2) is 13.4. The second-order valence-electron chi connectivity index (χ2n) is 3.47. The average molecular weight is 218 g/mol. The van der Waals surface area contributed by atoms with E-state index in [1.165, 1.54) is 12.8 Å². The molecular formula is C12H26O3. The summed E-state index contributed by atoms with van der Waals surface area (Å²) in [6.07, 6.45) is 4.52. The highest BCUT2D eigenvalue weighted by Gasteiger charge is 2.14. The Hall–Kier alpha value is -0.570. The lowest BCUT2D eigenvalue weighted by atomic mass is 9.89. The highest BCUT2D eigenvalue weighted by Crippen LogP contribution is 2.22. The Balaban J connectivity index is 0. The van der Waals surface area contributed by atoms with Crippen LogP contribution in [-0.2, 0) is 9.53 Å². The smallest absolute Gasteiger partial charge is 0.293 e. The molecule has 1 aliphatic carbocycles. The second-order valence-corrected chi connectivity index (χ2v) is 3.47. The largest absolute Gasteiger partial charge is 0.468 e. The molecule has 3 heteroatoms. The van der Waals surface area contributed by atoms with E-state index in [1.807, 2.05) is 13.8 Å². The summed E-state index contributed by atoms with van der Waals surface area (Å²) in [5.41, 5.74) is 0. The van der Waals surface area contributed by atoms with Crippen molar-refractivity contribution in [1.29, 1.82) is 0 Å². The van der Waals surface area contributed by atoms with Gasteiger partial charge in [0.05, 0.1) is 12.7 Å². The van der Waals surface area contributed by atoms with Gasteiger partial charge in [-0.1, -0.05) is 20.8 Å². The molecule has 0 spiro atoms. The summed E-state index contributed by atoms with van der Waals surface area (Å²) < 4.78 is 4.15. The van der Waals surface area contributed by atoms with Crippen molar-refractivity contribution < 1.29 is 14.6 Å². The van der Waals surface area contributed by atoms with Crippen LogP contribution >= 0.6 is 0 Å². The van der Waals surface area contributed by atoms with Crippen LogP contribution in [0.2, 0.25) is 0 Å². The van der Waals surface area contributed by atoms with Crippen LogP contribution in [0.15, 0.2) is 0 Å². The van der Waals surface area contributed by atoms with Crippen molar-refractivity contribution in [2.24, 2.45) is 5.92 Å². The van der Waals surface area contributed by atoms with Crippen LogP contribution in [0.4, 0.5) is 0 Å². The molecule has 15 heavy (non-hydrogen) atoms. The topological polar surface area (TPSA) is 46.5 Å². The molecule has 1 fully saturated rings. The number of hydrogen-bond donors (Lipinski definition) is 1. The van der Waals surface area contributed by atoms with Crippen LogP contribution in [0.1, 0.15) is 53.4 Å². The van der Waals surface area contributed by atoms with E-state index in [0.29, 0.717) is 13.1 Å². The van der Waals surface area contributed by atoms with Gasteiger partial charge in [0.15, 0.2) is 0 Å². The minimum absolute atomic E-state index is 0.0196. The summed E-state index contributed by atoms with van der Waals surface area (Å²) >= 11 is 0. The molecule has 0 bridgehead atoms. The maximum absolute atomic E-state index is 9.18. The maximum Gasteiger partial charge on any atom is 0.293 e. The van der Waals surface area contributed by atoms with Gasteiger partial charge in [-0.2, -0.15) is 0 Å². The third kappa shape index (κ3) is 13.4. The van der Waals surface area contributed by atoms with Crippen molar-refractivity contribution in [3.05, 3.63) is 0 Å². The van der Waals surface area contributed by atoms with Gasteiger partial charge in [-0.05, 0) is 38.5 Å². The zero-order valence-electron chi connectivity index (χ0n) is 10.5. The van der Waals surface area contributed by atoms with Crippen LogP contribution in [0.3, 0.4) is 0 Å². The summed E-state index contributed by atoms with van der Waals surface area (Å²) in [6.45, 7) is 8.92. The number of rotatable bonds is 2. The normalized spacial score (nSPS) is 23.8. The lowest BCUT2D eigenvalue weighted by Gasteiger charge is -2.21. The van der Waals surface area contributed by atoms with Crippen molar-refractivity contribution in [2.75, 3.05) is 6.61 Å². The minimum atomic E-state index is 0.0196. The molecule has 0 amide bonds. The third-order valence-electron chi connectivity index (χ3n) is 2.22. The lowest BCUT2D eigenvalue weighted by Crippen LogP contribution is -2.15. The van der Waals surface area contributed by atoms with Gasteiger partial charge in [-0.15, -0.1) is 0 Å². The van der Waals surface area contributed by atoms with Gasteiger partial charge in [0.2, 0.25) is 0 Å². The monoisotopic (exact) mass is 218 g/mol. The van der Waals surface area contributed by atoms with E-state index in [2.05, 4.69) is 11.7 Å². The Morgan fingerprint density at radius 3 is 1.93 bits per heavy atom. The Labute approximate surface area is 93.8 Å². The molecule has 0 aromatic heterocycles. The van der Waals surface area contributed by atoms with Crippen LogP contribution in [0.5, 0.6) is 0 Å². The maximum atomic E-state index is 9.18. The summed E-state index contributed by atoms with van der Waals surface area (Å²) in [5, 5.41) is 9.03. The van der Waals surface area contributed by atoms with Crippen molar-refractivity contribution in [3.63, 3.8) is 0 Å². The molecule has 0 heterocycles. The Morgan fingerprint density at radius 2 is 1.73 bits per heavy atom. The highest BCUT2D eigenvalue weighted by atomic mass is 16.5. The minimum Gasteiger partial charge on any atom is -0.468 e. The zero-order chi connectivity index (χ0) is 12.1. The van der Waals surface area contributed by atoms with Gasteiger partial charge in [-0.25, -0.2) is 0 Å². The molecule has 92 valence electrons. The molecule has 1 saturated carbocycles. The number of aliphatic hydroxyl groups excluding tert-OH is 1. The van der Waals surface area contributed by atoms with Crippen molar-refractivity contribution in [3.8, 4) is 0 Å². The lowest BCUT2D eigenvalue weighted by molar-refractivity contribution is -0.128. The van der Waals surface area contributed by atoms with Gasteiger partial charge >= 0.3 is 0 Å². The first kappa shape index (κ1) is 16.8. The van der Waals surface area contributed by atoms with Gasteiger partial charge in [-0.3, -0.25) is 4.79 Å². The van der Waals surface area contributed by atoms with Crippen LogP contribution in [0, 0.1) is 5.92 Å². The van der Waals surface area contributed by atoms with E-state index in [1.54, 1.807) is 6.92 Å². The van der Waals surface area contributed by atoms with E-state index in [4.69, 9.17) is 5.11 Å². The number of hydrogen-bond acceptors (Lipinski definition) is 3. The molecule has 1 aliphatic rings. The summed E-state index contributed by atoms with van der Waals surface area (Å²) in [4.78, 5) is 9.18. The van der Waals surface area contributed by atoms with Crippen LogP contribution in [0.25, 0.3) is 0 Å². The van der Waals surface area contributed by atoms with Gasteiger partial charge in [0.1, 0.15) is 0 Å². The van der Waals surface area contributed by atoms with Crippen molar-refractivity contribution >= 4 is 6.47 Å². The molecule has 3 nitrogen and oxygen atoms in total. The molecule has 0 unspecified atom stereocenters. The van der Waals surface area contributed by atoms with Crippen molar-refractivity contribution in [2.45, 2.75) is 59.5 Å². The molecule has 0 aliphatic heterocycles. The number of ether oxygens (including phenoxy) is 1. The van der Waals surface area contributed by atoms with E-state index >= 15 is 0 Å².